The predicted octanol–water partition coefficient (Wildman–Crippen LogP) is 4.08. The third kappa shape index (κ3) is 3.91. The Morgan fingerprint density at radius 3 is 2.79 bits per heavy atom. The average molecular weight is 451 g/mol. The quantitative estimate of drug-likeness (QED) is 0.480. The lowest BCUT2D eigenvalue weighted by Crippen LogP contribution is -2.27. The van der Waals surface area contributed by atoms with Crippen LogP contribution >= 0.6 is 22.9 Å². The van der Waals surface area contributed by atoms with E-state index in [0.717, 1.165) is 5.69 Å². The molecule has 0 saturated heterocycles. The number of benzene rings is 2. The SMILES string of the molecule is Cc1c(Cl)cccc1S(=O)(=O)NCCc1csc2nc(-c3ccccc3F)nn12. The van der Waals surface area contributed by atoms with E-state index in [1.807, 2.05) is 5.38 Å². The molecule has 2 aromatic heterocycles. The van der Waals surface area contributed by atoms with E-state index in [9.17, 15) is 12.8 Å². The van der Waals surface area contributed by atoms with Crippen LogP contribution in [-0.2, 0) is 16.4 Å². The number of fused-ring (bicyclic) bond motifs is 1. The van der Waals surface area contributed by atoms with Gasteiger partial charge in [-0.05, 0) is 36.8 Å². The number of halogens is 2. The first-order valence-corrected chi connectivity index (χ1v) is 11.4. The van der Waals surface area contributed by atoms with Crippen molar-refractivity contribution < 1.29 is 12.8 Å². The summed E-state index contributed by atoms with van der Waals surface area (Å²) < 4.78 is 43.4. The molecule has 0 unspecified atom stereocenters. The number of rotatable bonds is 6. The molecule has 0 aliphatic rings. The molecule has 0 aliphatic heterocycles. The van der Waals surface area contributed by atoms with Crippen molar-refractivity contribution in [1.29, 1.82) is 0 Å². The zero-order valence-corrected chi connectivity index (χ0v) is 17.7. The molecule has 0 bridgehead atoms. The van der Waals surface area contributed by atoms with Crippen LogP contribution in [0.1, 0.15) is 11.3 Å². The maximum Gasteiger partial charge on any atom is 0.240 e. The van der Waals surface area contributed by atoms with Gasteiger partial charge in [-0.3, -0.25) is 0 Å². The summed E-state index contributed by atoms with van der Waals surface area (Å²) in [6.45, 7) is 1.84. The maximum absolute atomic E-state index is 14.0. The largest absolute Gasteiger partial charge is 0.240 e. The first-order valence-electron chi connectivity index (χ1n) is 8.69. The summed E-state index contributed by atoms with van der Waals surface area (Å²) in [5, 5.41) is 6.64. The van der Waals surface area contributed by atoms with Crippen LogP contribution in [0.3, 0.4) is 0 Å². The van der Waals surface area contributed by atoms with Crippen LogP contribution in [0.15, 0.2) is 52.7 Å². The highest BCUT2D eigenvalue weighted by Gasteiger charge is 2.19. The summed E-state index contributed by atoms with van der Waals surface area (Å²) in [6, 6.07) is 11.1. The number of nitrogens with one attached hydrogen (secondary N) is 1. The Labute approximate surface area is 176 Å². The summed E-state index contributed by atoms with van der Waals surface area (Å²) in [7, 11) is -3.69. The van der Waals surface area contributed by atoms with Crippen LogP contribution in [0, 0.1) is 12.7 Å². The van der Waals surface area contributed by atoms with Gasteiger partial charge in [-0.15, -0.1) is 16.4 Å². The summed E-state index contributed by atoms with van der Waals surface area (Å²) in [5.41, 5.74) is 1.61. The molecular weight excluding hydrogens is 435 g/mol. The fourth-order valence-corrected chi connectivity index (χ4v) is 5.31. The smallest absolute Gasteiger partial charge is 0.211 e. The van der Waals surface area contributed by atoms with E-state index in [2.05, 4.69) is 14.8 Å². The first-order chi connectivity index (χ1) is 13.9. The van der Waals surface area contributed by atoms with Crippen molar-refractivity contribution in [3.63, 3.8) is 0 Å². The Bertz CT molecular complexity index is 1300. The van der Waals surface area contributed by atoms with E-state index >= 15 is 0 Å². The second kappa shape index (κ2) is 7.83. The van der Waals surface area contributed by atoms with Gasteiger partial charge in [0.1, 0.15) is 5.82 Å². The van der Waals surface area contributed by atoms with Gasteiger partial charge in [0.2, 0.25) is 15.0 Å². The minimum Gasteiger partial charge on any atom is -0.211 e. The Morgan fingerprint density at radius 1 is 1.21 bits per heavy atom. The molecule has 0 radical (unpaired) electrons. The van der Waals surface area contributed by atoms with Crippen LogP contribution in [0.2, 0.25) is 5.02 Å². The molecule has 4 rings (SSSR count). The van der Waals surface area contributed by atoms with Crippen molar-refractivity contribution in [2.45, 2.75) is 18.2 Å². The van der Waals surface area contributed by atoms with Gasteiger partial charge in [-0.25, -0.2) is 22.0 Å². The average Bonchev–Trinajstić information content (AvgIpc) is 3.26. The van der Waals surface area contributed by atoms with Gasteiger partial charge in [0.05, 0.1) is 16.2 Å². The van der Waals surface area contributed by atoms with Gasteiger partial charge in [0.15, 0.2) is 5.82 Å². The van der Waals surface area contributed by atoms with Crippen LogP contribution in [0.25, 0.3) is 16.3 Å². The molecule has 10 heteroatoms. The molecule has 4 aromatic rings. The molecule has 0 amide bonds. The number of hydrogen-bond acceptors (Lipinski definition) is 5. The van der Waals surface area contributed by atoms with Gasteiger partial charge in [-0.2, -0.15) is 4.98 Å². The molecule has 0 aliphatic carbocycles. The zero-order valence-electron chi connectivity index (χ0n) is 15.3. The van der Waals surface area contributed by atoms with E-state index in [1.165, 1.54) is 23.5 Å². The lowest BCUT2D eigenvalue weighted by molar-refractivity contribution is 0.580. The third-order valence-corrected chi connectivity index (χ3v) is 7.33. The lowest BCUT2D eigenvalue weighted by Gasteiger charge is -2.10. The van der Waals surface area contributed by atoms with Gasteiger partial charge in [-0.1, -0.05) is 29.8 Å². The van der Waals surface area contributed by atoms with Crippen molar-refractivity contribution in [3.05, 3.63) is 69.9 Å². The van der Waals surface area contributed by atoms with E-state index in [4.69, 9.17) is 11.6 Å². The fraction of sp³-hybridized carbons (Fsp3) is 0.158. The molecule has 2 aromatic carbocycles. The fourth-order valence-electron chi connectivity index (χ4n) is 2.92. The molecule has 29 heavy (non-hydrogen) atoms. The van der Waals surface area contributed by atoms with Crippen molar-refractivity contribution in [3.8, 4) is 11.4 Å². The molecule has 2 heterocycles. The maximum atomic E-state index is 14.0. The normalized spacial score (nSPS) is 12.0. The van der Waals surface area contributed by atoms with Crippen molar-refractivity contribution >= 4 is 37.9 Å². The molecule has 150 valence electrons. The minimum atomic E-state index is -3.69. The molecule has 0 spiro atoms. The van der Waals surface area contributed by atoms with E-state index in [1.54, 1.807) is 41.8 Å². The van der Waals surface area contributed by atoms with Crippen LogP contribution in [0.4, 0.5) is 4.39 Å². The number of thiazole rings is 1. The second-order valence-electron chi connectivity index (χ2n) is 6.35. The molecule has 0 atom stereocenters. The topological polar surface area (TPSA) is 76.4 Å². The predicted molar refractivity (Wildman–Crippen MR) is 111 cm³/mol. The molecular formula is C19H16ClFN4O2S2. The van der Waals surface area contributed by atoms with Crippen molar-refractivity contribution in [1.82, 2.24) is 19.3 Å². The number of hydrogen-bond donors (Lipinski definition) is 1. The van der Waals surface area contributed by atoms with E-state index in [0.29, 0.717) is 33.4 Å². The third-order valence-electron chi connectivity index (χ3n) is 4.45. The van der Waals surface area contributed by atoms with Crippen LogP contribution < -0.4 is 4.72 Å². The van der Waals surface area contributed by atoms with E-state index < -0.39 is 15.8 Å². The Balaban J connectivity index is 1.52. The van der Waals surface area contributed by atoms with Gasteiger partial charge >= 0.3 is 0 Å². The number of sulfonamides is 1. The van der Waals surface area contributed by atoms with Crippen molar-refractivity contribution in [2.75, 3.05) is 6.54 Å². The highest BCUT2D eigenvalue weighted by Crippen LogP contribution is 2.24. The van der Waals surface area contributed by atoms with Gasteiger partial charge in [0.25, 0.3) is 0 Å². The first kappa shape index (κ1) is 20.0. The monoisotopic (exact) mass is 450 g/mol. The van der Waals surface area contributed by atoms with Gasteiger partial charge in [0, 0.05) is 23.4 Å². The summed E-state index contributed by atoms with van der Waals surface area (Å²) in [4.78, 5) is 5.14. The standard InChI is InChI=1S/C19H16ClFN4O2S2/c1-12-15(20)6-4-8-17(12)29(26,27)22-10-9-13-11-28-19-23-18(24-25(13)19)14-5-2-3-7-16(14)21/h2-8,11,22H,9-10H2,1H3. The minimum absolute atomic E-state index is 0.156. The Morgan fingerprint density at radius 2 is 2.00 bits per heavy atom. The van der Waals surface area contributed by atoms with Crippen LogP contribution in [-0.4, -0.2) is 29.6 Å². The molecule has 6 nitrogen and oxygen atoms in total. The Kier molecular flexibility index (Phi) is 5.39. The van der Waals surface area contributed by atoms with E-state index in [-0.39, 0.29) is 11.4 Å². The molecule has 0 fully saturated rings. The lowest BCUT2D eigenvalue weighted by atomic mass is 10.2. The second-order valence-corrected chi connectivity index (χ2v) is 9.33. The summed E-state index contributed by atoms with van der Waals surface area (Å²) >= 11 is 7.39. The highest BCUT2D eigenvalue weighted by molar-refractivity contribution is 7.89. The summed E-state index contributed by atoms with van der Waals surface area (Å²) in [6.07, 6.45) is 0.402. The van der Waals surface area contributed by atoms with Crippen LogP contribution in [0.5, 0.6) is 0 Å². The number of aromatic nitrogens is 3. The highest BCUT2D eigenvalue weighted by atomic mass is 35.5. The zero-order chi connectivity index (χ0) is 20.6. The summed E-state index contributed by atoms with van der Waals surface area (Å²) in [5.74, 6) is -0.0942. The number of nitrogens with zero attached hydrogens (tertiary/aromatic N) is 3. The Hall–Kier alpha value is -2.33. The van der Waals surface area contributed by atoms with Crippen molar-refractivity contribution in [2.24, 2.45) is 0 Å². The molecule has 0 saturated carbocycles. The van der Waals surface area contributed by atoms with Gasteiger partial charge < -0.3 is 0 Å². The molecule has 1 N–H and O–H groups in total.